The highest BCUT2D eigenvalue weighted by Crippen LogP contribution is 2.21. The van der Waals surface area contributed by atoms with Gasteiger partial charge >= 0.3 is 0 Å². The Labute approximate surface area is 124 Å². The zero-order valence-electron chi connectivity index (χ0n) is 14.0. The van der Waals surface area contributed by atoms with Crippen molar-refractivity contribution in [3.05, 3.63) is 0 Å². The standard InChI is InChI=1S/C14H31N3O2S/c1-8-15-12(17-13(2,3)4)16-11-14(5,6)9-10-20(7,18)19/h8-11H2,1-7H3,(H2,15,16,17). The van der Waals surface area contributed by atoms with E-state index in [0.29, 0.717) is 13.0 Å². The van der Waals surface area contributed by atoms with Gasteiger partial charge in [0, 0.05) is 24.9 Å². The molecular weight excluding hydrogens is 274 g/mol. The van der Waals surface area contributed by atoms with Gasteiger partial charge in [-0.05, 0) is 39.5 Å². The summed E-state index contributed by atoms with van der Waals surface area (Å²) >= 11 is 0. The van der Waals surface area contributed by atoms with Crippen LogP contribution >= 0.6 is 0 Å². The van der Waals surface area contributed by atoms with Gasteiger partial charge in [0.15, 0.2) is 5.96 Å². The molecule has 0 saturated carbocycles. The molecule has 0 rings (SSSR count). The minimum atomic E-state index is -2.91. The van der Waals surface area contributed by atoms with Gasteiger partial charge < -0.3 is 10.6 Å². The molecule has 0 spiro atoms. The van der Waals surface area contributed by atoms with Gasteiger partial charge in [-0.15, -0.1) is 0 Å². The topological polar surface area (TPSA) is 70.6 Å². The molecule has 0 aromatic carbocycles. The molecule has 0 aliphatic heterocycles. The van der Waals surface area contributed by atoms with Crippen molar-refractivity contribution in [2.45, 2.75) is 53.5 Å². The van der Waals surface area contributed by atoms with Crippen molar-refractivity contribution in [3.63, 3.8) is 0 Å². The Morgan fingerprint density at radius 1 is 1.15 bits per heavy atom. The molecule has 0 aromatic rings. The maximum atomic E-state index is 11.2. The van der Waals surface area contributed by atoms with E-state index in [9.17, 15) is 8.42 Å². The van der Waals surface area contributed by atoms with Crippen LogP contribution in [0, 0.1) is 5.41 Å². The van der Waals surface area contributed by atoms with Crippen LogP contribution in [0.2, 0.25) is 0 Å². The van der Waals surface area contributed by atoms with E-state index in [2.05, 4.69) is 36.4 Å². The normalized spacial score (nSPS) is 14.2. The molecule has 0 aliphatic rings. The van der Waals surface area contributed by atoms with E-state index in [4.69, 9.17) is 0 Å². The zero-order valence-corrected chi connectivity index (χ0v) is 14.8. The largest absolute Gasteiger partial charge is 0.357 e. The average Bonchev–Trinajstić information content (AvgIpc) is 2.21. The van der Waals surface area contributed by atoms with Crippen molar-refractivity contribution < 1.29 is 8.42 Å². The van der Waals surface area contributed by atoms with Crippen LogP contribution in [0.15, 0.2) is 4.99 Å². The van der Waals surface area contributed by atoms with Crippen LogP contribution in [-0.4, -0.2) is 45.0 Å². The third kappa shape index (κ3) is 11.1. The summed E-state index contributed by atoms with van der Waals surface area (Å²) in [6, 6.07) is 0. The number of hydrogen-bond acceptors (Lipinski definition) is 3. The molecule has 0 fully saturated rings. The van der Waals surface area contributed by atoms with Crippen LogP contribution in [0.3, 0.4) is 0 Å². The molecule has 0 heterocycles. The Bertz CT molecular complexity index is 420. The van der Waals surface area contributed by atoms with E-state index in [-0.39, 0.29) is 16.7 Å². The van der Waals surface area contributed by atoms with Crippen molar-refractivity contribution in [3.8, 4) is 0 Å². The molecule has 0 atom stereocenters. The van der Waals surface area contributed by atoms with Crippen molar-refractivity contribution in [2.24, 2.45) is 10.4 Å². The summed E-state index contributed by atoms with van der Waals surface area (Å²) in [5, 5.41) is 6.53. The van der Waals surface area contributed by atoms with E-state index >= 15 is 0 Å². The molecule has 0 bridgehead atoms. The number of nitrogens with one attached hydrogen (secondary N) is 2. The molecule has 2 N–H and O–H groups in total. The summed E-state index contributed by atoms with van der Waals surface area (Å²) in [5.74, 6) is 0.978. The van der Waals surface area contributed by atoms with Crippen LogP contribution in [0.1, 0.15) is 48.0 Å². The first-order chi connectivity index (χ1) is 8.85. The Kier molecular flexibility index (Phi) is 7.01. The number of sulfone groups is 1. The molecule has 0 amide bonds. The maximum Gasteiger partial charge on any atom is 0.191 e. The number of rotatable bonds is 6. The van der Waals surface area contributed by atoms with Crippen molar-refractivity contribution in [2.75, 3.05) is 25.1 Å². The summed E-state index contributed by atoms with van der Waals surface area (Å²) in [7, 11) is -2.91. The first-order valence-electron chi connectivity index (χ1n) is 7.09. The highest BCUT2D eigenvalue weighted by Gasteiger charge is 2.20. The Hall–Kier alpha value is -0.780. The fourth-order valence-corrected chi connectivity index (χ4v) is 2.42. The molecule has 5 nitrogen and oxygen atoms in total. The van der Waals surface area contributed by atoms with Crippen molar-refractivity contribution in [1.82, 2.24) is 10.6 Å². The third-order valence-corrected chi connectivity index (χ3v) is 3.60. The smallest absolute Gasteiger partial charge is 0.191 e. The zero-order chi connectivity index (χ0) is 16.0. The second-order valence-electron chi connectivity index (χ2n) is 7.11. The summed E-state index contributed by atoms with van der Waals surface area (Å²) in [4.78, 5) is 4.57. The summed E-state index contributed by atoms with van der Waals surface area (Å²) in [6.45, 7) is 13.7. The average molecular weight is 305 g/mol. The minimum absolute atomic E-state index is 0.0576. The Morgan fingerprint density at radius 3 is 2.10 bits per heavy atom. The van der Waals surface area contributed by atoms with Crippen LogP contribution in [0.25, 0.3) is 0 Å². The lowest BCUT2D eigenvalue weighted by Gasteiger charge is -2.26. The molecule has 20 heavy (non-hydrogen) atoms. The molecule has 0 unspecified atom stereocenters. The molecule has 0 aromatic heterocycles. The van der Waals surface area contributed by atoms with Crippen LogP contribution < -0.4 is 10.6 Å². The maximum absolute atomic E-state index is 11.2. The Morgan fingerprint density at radius 2 is 1.70 bits per heavy atom. The first kappa shape index (κ1) is 19.2. The predicted molar refractivity (Wildman–Crippen MR) is 87.0 cm³/mol. The lowest BCUT2D eigenvalue weighted by Crippen LogP contribution is -2.48. The van der Waals surface area contributed by atoms with Gasteiger partial charge in [-0.1, -0.05) is 13.8 Å². The van der Waals surface area contributed by atoms with E-state index in [0.717, 1.165) is 12.5 Å². The molecule has 0 aliphatic carbocycles. The van der Waals surface area contributed by atoms with E-state index < -0.39 is 9.84 Å². The molecule has 6 heteroatoms. The van der Waals surface area contributed by atoms with E-state index in [1.165, 1.54) is 6.26 Å². The first-order valence-corrected chi connectivity index (χ1v) is 9.15. The Balaban J connectivity index is 4.66. The predicted octanol–water partition coefficient (Wildman–Crippen LogP) is 1.80. The number of hydrogen-bond donors (Lipinski definition) is 2. The number of nitrogens with zero attached hydrogens (tertiary/aromatic N) is 1. The quantitative estimate of drug-likeness (QED) is 0.580. The second-order valence-corrected chi connectivity index (χ2v) is 9.37. The molecule has 120 valence electrons. The lowest BCUT2D eigenvalue weighted by molar-refractivity contribution is 0.364. The van der Waals surface area contributed by atoms with Gasteiger partial charge in [0.2, 0.25) is 0 Å². The minimum Gasteiger partial charge on any atom is -0.357 e. The summed E-state index contributed by atoms with van der Waals surface area (Å²) in [6.07, 6.45) is 1.89. The molecular formula is C14H31N3O2S. The molecule has 0 radical (unpaired) electrons. The fraction of sp³-hybridized carbons (Fsp3) is 0.929. The number of guanidine groups is 1. The monoisotopic (exact) mass is 305 g/mol. The van der Waals surface area contributed by atoms with Crippen LogP contribution in [0.5, 0.6) is 0 Å². The lowest BCUT2D eigenvalue weighted by atomic mass is 9.90. The van der Waals surface area contributed by atoms with Gasteiger partial charge in [0.25, 0.3) is 0 Å². The SMILES string of the molecule is CCNC(=NCC(C)(C)CCS(C)(=O)=O)NC(C)(C)C. The highest BCUT2D eigenvalue weighted by atomic mass is 32.2. The van der Waals surface area contributed by atoms with Gasteiger partial charge in [-0.2, -0.15) is 0 Å². The summed E-state index contributed by atoms with van der Waals surface area (Å²) in [5.41, 5.74) is -0.193. The second kappa shape index (κ2) is 7.29. The van der Waals surface area contributed by atoms with Gasteiger partial charge in [-0.3, -0.25) is 4.99 Å². The van der Waals surface area contributed by atoms with Gasteiger partial charge in [0.1, 0.15) is 9.84 Å². The molecule has 0 saturated heterocycles. The van der Waals surface area contributed by atoms with Crippen LogP contribution in [0.4, 0.5) is 0 Å². The van der Waals surface area contributed by atoms with E-state index in [1.54, 1.807) is 0 Å². The van der Waals surface area contributed by atoms with E-state index in [1.807, 2.05) is 20.8 Å². The van der Waals surface area contributed by atoms with Gasteiger partial charge in [-0.25, -0.2) is 8.42 Å². The van der Waals surface area contributed by atoms with Gasteiger partial charge in [0.05, 0.1) is 5.75 Å². The van der Waals surface area contributed by atoms with Crippen molar-refractivity contribution in [1.29, 1.82) is 0 Å². The van der Waals surface area contributed by atoms with Crippen LogP contribution in [-0.2, 0) is 9.84 Å². The fourth-order valence-electron chi connectivity index (χ4n) is 1.50. The van der Waals surface area contributed by atoms with Crippen molar-refractivity contribution >= 4 is 15.8 Å². The number of aliphatic imine (C=N–C) groups is 1. The summed E-state index contributed by atoms with van der Waals surface area (Å²) < 4.78 is 22.5. The highest BCUT2D eigenvalue weighted by molar-refractivity contribution is 7.90. The third-order valence-electron chi connectivity index (χ3n) is 2.65.